The van der Waals surface area contributed by atoms with Gasteiger partial charge in [0.25, 0.3) is 11.5 Å². The lowest BCUT2D eigenvalue weighted by Gasteiger charge is -2.09. The number of ether oxygens (including phenoxy) is 1. The number of aromatic amines is 1. The molecular weight excluding hydrogens is 300 g/mol. The molecular formula is C15H18N4O4. The van der Waals surface area contributed by atoms with Gasteiger partial charge in [0, 0.05) is 32.5 Å². The van der Waals surface area contributed by atoms with Crippen LogP contribution in [0.15, 0.2) is 21.9 Å². The molecule has 1 fully saturated rings. The van der Waals surface area contributed by atoms with Crippen molar-refractivity contribution < 1.29 is 9.53 Å². The van der Waals surface area contributed by atoms with Crippen LogP contribution in [0, 0.1) is 0 Å². The minimum atomic E-state index is -0.525. The van der Waals surface area contributed by atoms with E-state index in [-0.39, 0.29) is 17.3 Å². The van der Waals surface area contributed by atoms with Crippen LogP contribution in [0.3, 0.4) is 0 Å². The van der Waals surface area contributed by atoms with Gasteiger partial charge in [-0.15, -0.1) is 0 Å². The summed E-state index contributed by atoms with van der Waals surface area (Å²) >= 11 is 0. The Labute approximate surface area is 131 Å². The SMILES string of the molecule is COCCCNC(=O)c1cnc2c(c1)c(=O)[nH]c(=O)n2C1CC1. The second-order valence-electron chi connectivity index (χ2n) is 5.56. The molecule has 0 saturated heterocycles. The van der Waals surface area contributed by atoms with Gasteiger partial charge in [-0.05, 0) is 25.3 Å². The number of hydrogen-bond donors (Lipinski definition) is 2. The van der Waals surface area contributed by atoms with E-state index in [1.165, 1.54) is 16.8 Å². The molecule has 1 aliphatic rings. The van der Waals surface area contributed by atoms with Crippen molar-refractivity contribution in [3.05, 3.63) is 38.7 Å². The second-order valence-corrected chi connectivity index (χ2v) is 5.56. The Bertz CT molecular complexity index is 851. The predicted octanol–water partition coefficient (Wildman–Crippen LogP) is 0.186. The smallest absolute Gasteiger partial charge is 0.330 e. The highest BCUT2D eigenvalue weighted by molar-refractivity contribution is 5.96. The maximum atomic E-state index is 12.1. The number of amides is 1. The Balaban J connectivity index is 1.91. The van der Waals surface area contributed by atoms with Crippen LogP contribution >= 0.6 is 0 Å². The third kappa shape index (κ3) is 3.16. The summed E-state index contributed by atoms with van der Waals surface area (Å²) in [5.41, 5.74) is -0.351. The summed E-state index contributed by atoms with van der Waals surface area (Å²) in [6, 6.07) is 1.56. The first-order valence-corrected chi connectivity index (χ1v) is 7.53. The molecule has 0 spiro atoms. The summed E-state index contributed by atoms with van der Waals surface area (Å²) in [7, 11) is 1.60. The summed E-state index contributed by atoms with van der Waals surface area (Å²) in [5.74, 6) is -0.306. The van der Waals surface area contributed by atoms with Crippen molar-refractivity contribution in [3.63, 3.8) is 0 Å². The number of rotatable bonds is 6. The molecule has 0 atom stereocenters. The number of nitrogens with zero attached hydrogens (tertiary/aromatic N) is 2. The van der Waals surface area contributed by atoms with E-state index in [0.29, 0.717) is 30.8 Å². The Kier molecular flexibility index (Phi) is 4.24. The van der Waals surface area contributed by atoms with E-state index in [9.17, 15) is 14.4 Å². The van der Waals surface area contributed by atoms with Crippen molar-refractivity contribution in [3.8, 4) is 0 Å². The van der Waals surface area contributed by atoms with Gasteiger partial charge >= 0.3 is 5.69 Å². The highest BCUT2D eigenvalue weighted by atomic mass is 16.5. The molecule has 0 unspecified atom stereocenters. The molecule has 2 N–H and O–H groups in total. The van der Waals surface area contributed by atoms with Crippen LogP contribution in [0.4, 0.5) is 0 Å². The fourth-order valence-electron chi connectivity index (χ4n) is 2.45. The molecule has 0 aliphatic heterocycles. The number of H-pyrrole nitrogens is 1. The van der Waals surface area contributed by atoms with Gasteiger partial charge in [-0.2, -0.15) is 0 Å². The van der Waals surface area contributed by atoms with Crippen LogP contribution < -0.4 is 16.6 Å². The Morgan fingerprint density at radius 3 is 2.96 bits per heavy atom. The summed E-state index contributed by atoms with van der Waals surface area (Å²) in [6.07, 6.45) is 3.88. The zero-order valence-electron chi connectivity index (χ0n) is 12.8. The van der Waals surface area contributed by atoms with Gasteiger partial charge < -0.3 is 10.1 Å². The number of pyridine rings is 1. The average molecular weight is 318 g/mol. The second kappa shape index (κ2) is 6.33. The van der Waals surface area contributed by atoms with Gasteiger partial charge in [-0.3, -0.25) is 19.1 Å². The van der Waals surface area contributed by atoms with Gasteiger partial charge in [0.15, 0.2) is 0 Å². The van der Waals surface area contributed by atoms with Crippen molar-refractivity contribution in [2.45, 2.75) is 25.3 Å². The molecule has 8 nitrogen and oxygen atoms in total. The van der Waals surface area contributed by atoms with Crippen LogP contribution in [0.2, 0.25) is 0 Å². The summed E-state index contributed by atoms with van der Waals surface area (Å²) in [5, 5.41) is 2.99. The fraction of sp³-hybridized carbons (Fsp3) is 0.467. The molecule has 1 amide bonds. The van der Waals surface area contributed by atoms with Crippen molar-refractivity contribution in [2.75, 3.05) is 20.3 Å². The highest BCUT2D eigenvalue weighted by Gasteiger charge is 2.27. The Morgan fingerprint density at radius 1 is 1.48 bits per heavy atom. The number of fused-ring (bicyclic) bond motifs is 1. The molecule has 3 rings (SSSR count). The number of carbonyl (C=O) groups is 1. The lowest BCUT2D eigenvalue weighted by atomic mass is 10.2. The lowest BCUT2D eigenvalue weighted by molar-refractivity contribution is 0.0948. The normalized spacial score (nSPS) is 14.1. The number of methoxy groups -OCH3 is 1. The zero-order chi connectivity index (χ0) is 16.4. The number of carbonyl (C=O) groups excluding carboxylic acids is 1. The summed E-state index contributed by atoms with van der Waals surface area (Å²) < 4.78 is 6.41. The molecule has 2 heterocycles. The first-order chi connectivity index (χ1) is 11.1. The number of hydrogen-bond acceptors (Lipinski definition) is 5. The predicted molar refractivity (Wildman–Crippen MR) is 83.7 cm³/mol. The number of nitrogens with one attached hydrogen (secondary N) is 2. The molecule has 2 aromatic rings. The van der Waals surface area contributed by atoms with Gasteiger partial charge in [-0.25, -0.2) is 9.78 Å². The van der Waals surface area contributed by atoms with Gasteiger partial charge in [-0.1, -0.05) is 0 Å². The zero-order valence-corrected chi connectivity index (χ0v) is 12.8. The third-order valence-electron chi connectivity index (χ3n) is 3.76. The van der Waals surface area contributed by atoms with Crippen LogP contribution in [0.25, 0.3) is 11.0 Å². The van der Waals surface area contributed by atoms with Crippen LogP contribution in [0.1, 0.15) is 35.7 Å². The van der Waals surface area contributed by atoms with Crippen LogP contribution in [0.5, 0.6) is 0 Å². The van der Waals surface area contributed by atoms with Crippen molar-refractivity contribution >= 4 is 16.9 Å². The standard InChI is InChI=1S/C15H18N4O4/c1-23-6-2-5-16-13(20)9-7-11-12(17-8-9)19(10-3-4-10)15(22)18-14(11)21/h7-8,10H,2-6H2,1H3,(H,16,20)(H,18,21,22). The minimum Gasteiger partial charge on any atom is -0.385 e. The average Bonchev–Trinajstić information content (AvgIpc) is 3.36. The largest absolute Gasteiger partial charge is 0.385 e. The first kappa shape index (κ1) is 15.4. The fourth-order valence-corrected chi connectivity index (χ4v) is 2.45. The van der Waals surface area contributed by atoms with Gasteiger partial charge in [0.1, 0.15) is 5.65 Å². The lowest BCUT2D eigenvalue weighted by Crippen LogP contribution is -2.31. The quantitative estimate of drug-likeness (QED) is 0.739. The first-order valence-electron chi connectivity index (χ1n) is 7.53. The van der Waals surface area contributed by atoms with E-state index in [1.807, 2.05) is 0 Å². The molecule has 0 aromatic carbocycles. The molecule has 122 valence electrons. The van der Waals surface area contributed by atoms with E-state index in [4.69, 9.17) is 4.74 Å². The monoisotopic (exact) mass is 318 g/mol. The van der Waals surface area contributed by atoms with Crippen molar-refractivity contribution in [2.24, 2.45) is 0 Å². The van der Waals surface area contributed by atoms with E-state index >= 15 is 0 Å². The Morgan fingerprint density at radius 2 is 2.26 bits per heavy atom. The van der Waals surface area contributed by atoms with Gasteiger partial charge in [0.05, 0.1) is 10.9 Å². The molecule has 1 saturated carbocycles. The maximum absolute atomic E-state index is 12.1. The van der Waals surface area contributed by atoms with E-state index in [1.54, 1.807) is 7.11 Å². The topological polar surface area (TPSA) is 106 Å². The summed E-state index contributed by atoms with van der Waals surface area (Å²) in [6.45, 7) is 1.03. The Hall–Kier alpha value is -2.48. The molecule has 2 aromatic heterocycles. The highest BCUT2D eigenvalue weighted by Crippen LogP contribution is 2.34. The van der Waals surface area contributed by atoms with E-state index in [0.717, 1.165) is 12.8 Å². The molecule has 0 bridgehead atoms. The van der Waals surface area contributed by atoms with E-state index < -0.39 is 11.2 Å². The maximum Gasteiger partial charge on any atom is 0.330 e. The molecule has 0 radical (unpaired) electrons. The summed E-state index contributed by atoms with van der Waals surface area (Å²) in [4.78, 5) is 42.5. The third-order valence-corrected chi connectivity index (χ3v) is 3.76. The van der Waals surface area contributed by atoms with E-state index in [2.05, 4.69) is 15.3 Å². The molecule has 23 heavy (non-hydrogen) atoms. The van der Waals surface area contributed by atoms with Crippen molar-refractivity contribution in [1.82, 2.24) is 19.9 Å². The van der Waals surface area contributed by atoms with Crippen LogP contribution in [-0.2, 0) is 4.74 Å². The molecule has 8 heteroatoms. The number of aromatic nitrogens is 3. The van der Waals surface area contributed by atoms with Crippen molar-refractivity contribution in [1.29, 1.82) is 0 Å². The van der Waals surface area contributed by atoms with Crippen LogP contribution in [-0.4, -0.2) is 40.7 Å². The minimum absolute atomic E-state index is 0.0862. The van der Waals surface area contributed by atoms with Gasteiger partial charge in [0.2, 0.25) is 0 Å². The molecule has 1 aliphatic carbocycles.